The van der Waals surface area contributed by atoms with Crippen molar-refractivity contribution >= 4 is 22.9 Å². The van der Waals surface area contributed by atoms with E-state index in [9.17, 15) is 9.59 Å². The summed E-state index contributed by atoms with van der Waals surface area (Å²) in [5.74, 6) is -0.0767. The molecule has 168 valence electrons. The van der Waals surface area contributed by atoms with Crippen molar-refractivity contribution < 1.29 is 14.0 Å². The van der Waals surface area contributed by atoms with Gasteiger partial charge in [0.15, 0.2) is 5.58 Å². The van der Waals surface area contributed by atoms with Crippen LogP contribution in [0.15, 0.2) is 53.1 Å². The maximum absolute atomic E-state index is 13.7. The lowest BCUT2D eigenvalue weighted by Gasteiger charge is -2.45. The molecule has 6 heteroatoms. The third kappa shape index (κ3) is 3.51. The number of hydrogen-bond acceptors (Lipinski definition) is 3. The van der Waals surface area contributed by atoms with E-state index < -0.39 is 5.54 Å². The maximum Gasteiger partial charge on any atom is 0.271 e. The lowest BCUT2D eigenvalue weighted by atomic mass is 9.89. The van der Waals surface area contributed by atoms with E-state index in [4.69, 9.17) is 4.42 Å². The predicted molar refractivity (Wildman–Crippen MR) is 124 cm³/mol. The van der Waals surface area contributed by atoms with E-state index in [2.05, 4.69) is 24.4 Å². The monoisotopic (exact) mass is 433 g/mol. The van der Waals surface area contributed by atoms with Crippen molar-refractivity contribution in [1.82, 2.24) is 14.8 Å². The standard InChI is InChI=1S/C26H31N3O3/c1-18(19-9-5-3-6-10-19)16-29-24(30)22-15-23-21(13-14-32-23)28(22)17-26(29,2)25(31)27-20-11-7-4-8-12-20/h3,5-6,9-10,13-15,18,20H,4,7-8,11-12,16-17H2,1-2H3,(H,27,31)/t18-,26-/m1/s1. The van der Waals surface area contributed by atoms with Gasteiger partial charge < -0.3 is 19.2 Å². The van der Waals surface area contributed by atoms with Crippen molar-refractivity contribution in [3.63, 3.8) is 0 Å². The van der Waals surface area contributed by atoms with Gasteiger partial charge in [-0.25, -0.2) is 0 Å². The van der Waals surface area contributed by atoms with Crippen LogP contribution in [0.5, 0.6) is 0 Å². The molecule has 2 aliphatic rings. The number of amides is 2. The van der Waals surface area contributed by atoms with Crippen LogP contribution in [-0.4, -0.2) is 39.4 Å². The number of nitrogens with one attached hydrogen (secondary N) is 1. The summed E-state index contributed by atoms with van der Waals surface area (Å²) in [6.45, 7) is 4.92. The molecule has 1 saturated carbocycles. The van der Waals surface area contributed by atoms with Gasteiger partial charge >= 0.3 is 0 Å². The number of hydrogen-bond donors (Lipinski definition) is 1. The molecule has 5 rings (SSSR count). The summed E-state index contributed by atoms with van der Waals surface area (Å²) < 4.78 is 7.51. The fraction of sp³-hybridized carbons (Fsp3) is 0.462. The summed E-state index contributed by atoms with van der Waals surface area (Å²) in [5.41, 5.74) is 2.31. The van der Waals surface area contributed by atoms with E-state index in [-0.39, 0.29) is 23.8 Å². The van der Waals surface area contributed by atoms with Gasteiger partial charge in [0.1, 0.15) is 11.2 Å². The Morgan fingerprint density at radius 3 is 2.69 bits per heavy atom. The zero-order valence-corrected chi connectivity index (χ0v) is 18.8. The molecular formula is C26H31N3O3. The average molecular weight is 434 g/mol. The van der Waals surface area contributed by atoms with Crippen LogP contribution >= 0.6 is 0 Å². The molecule has 1 N–H and O–H groups in total. The normalized spacial score (nSPS) is 22.7. The van der Waals surface area contributed by atoms with E-state index in [1.807, 2.05) is 35.8 Å². The Hall–Kier alpha value is -3.02. The van der Waals surface area contributed by atoms with Gasteiger partial charge in [-0.05, 0) is 31.2 Å². The number of carbonyl (C=O) groups excluding carboxylic acids is 2. The fourth-order valence-electron chi connectivity index (χ4n) is 5.31. The van der Waals surface area contributed by atoms with E-state index >= 15 is 0 Å². The Morgan fingerprint density at radius 2 is 1.94 bits per heavy atom. The molecule has 2 amide bonds. The molecule has 3 aromatic rings. The van der Waals surface area contributed by atoms with Gasteiger partial charge in [0, 0.05) is 24.7 Å². The maximum atomic E-state index is 13.7. The van der Waals surface area contributed by atoms with Crippen molar-refractivity contribution in [2.45, 2.75) is 70.0 Å². The van der Waals surface area contributed by atoms with Gasteiger partial charge in [-0.3, -0.25) is 9.59 Å². The number of benzene rings is 1. The molecule has 1 fully saturated rings. The molecule has 0 unspecified atom stereocenters. The molecule has 0 saturated heterocycles. The SMILES string of the molecule is C[C@H](CN1C(=O)c2cc3occc3n2C[C@]1(C)C(=O)NC1CCCCC1)c1ccccc1. The number of nitrogens with zero attached hydrogens (tertiary/aromatic N) is 2. The van der Waals surface area contributed by atoms with Gasteiger partial charge in [-0.15, -0.1) is 0 Å². The molecule has 2 aromatic heterocycles. The summed E-state index contributed by atoms with van der Waals surface area (Å²) in [6, 6.07) is 14.0. The molecule has 0 radical (unpaired) electrons. The van der Waals surface area contributed by atoms with Crippen LogP contribution in [0.25, 0.3) is 11.1 Å². The average Bonchev–Trinajstić information content (AvgIpc) is 3.40. The van der Waals surface area contributed by atoms with Crippen molar-refractivity contribution in [3.8, 4) is 0 Å². The second-order valence-electron chi connectivity index (χ2n) is 9.60. The lowest BCUT2D eigenvalue weighted by molar-refractivity contribution is -0.133. The number of carbonyl (C=O) groups is 2. The quantitative estimate of drug-likeness (QED) is 0.634. The van der Waals surface area contributed by atoms with Crippen LogP contribution in [-0.2, 0) is 11.3 Å². The van der Waals surface area contributed by atoms with E-state index in [0.29, 0.717) is 24.4 Å². The summed E-state index contributed by atoms with van der Waals surface area (Å²) in [6.07, 6.45) is 7.17. The highest BCUT2D eigenvalue weighted by Crippen LogP contribution is 2.35. The van der Waals surface area contributed by atoms with E-state index in [1.54, 1.807) is 17.2 Å². The first-order chi connectivity index (χ1) is 15.5. The third-order valence-electron chi connectivity index (χ3n) is 7.30. The smallest absolute Gasteiger partial charge is 0.271 e. The molecule has 1 aliphatic carbocycles. The highest BCUT2D eigenvalue weighted by molar-refractivity contribution is 6.03. The molecule has 1 aromatic carbocycles. The molecule has 2 atom stereocenters. The minimum absolute atomic E-state index is 0.0611. The molecule has 0 bridgehead atoms. The summed E-state index contributed by atoms with van der Waals surface area (Å²) in [7, 11) is 0. The van der Waals surface area contributed by atoms with Gasteiger partial charge in [-0.2, -0.15) is 0 Å². The first-order valence-corrected chi connectivity index (χ1v) is 11.7. The van der Waals surface area contributed by atoms with Crippen LogP contribution in [0.2, 0.25) is 0 Å². The second kappa shape index (κ2) is 8.15. The molecule has 32 heavy (non-hydrogen) atoms. The number of aromatic nitrogens is 1. The lowest BCUT2D eigenvalue weighted by Crippen LogP contribution is -2.65. The zero-order chi connectivity index (χ0) is 22.3. The van der Waals surface area contributed by atoms with Gasteiger partial charge in [0.25, 0.3) is 5.91 Å². The first kappa shape index (κ1) is 20.9. The van der Waals surface area contributed by atoms with E-state index in [0.717, 1.165) is 36.8 Å². The van der Waals surface area contributed by atoms with Crippen molar-refractivity contribution in [2.24, 2.45) is 0 Å². The molecular weight excluding hydrogens is 402 g/mol. The van der Waals surface area contributed by atoms with Crippen molar-refractivity contribution in [1.29, 1.82) is 0 Å². The van der Waals surface area contributed by atoms with Crippen LogP contribution < -0.4 is 5.32 Å². The Balaban J connectivity index is 1.50. The van der Waals surface area contributed by atoms with Gasteiger partial charge in [0.2, 0.25) is 5.91 Å². The first-order valence-electron chi connectivity index (χ1n) is 11.7. The third-order valence-corrected chi connectivity index (χ3v) is 7.30. The topological polar surface area (TPSA) is 67.5 Å². The number of rotatable bonds is 5. The predicted octanol–water partition coefficient (Wildman–Crippen LogP) is 4.70. The van der Waals surface area contributed by atoms with Gasteiger partial charge in [0.05, 0.1) is 18.3 Å². The Bertz CT molecular complexity index is 1130. The number of furan rings is 1. The van der Waals surface area contributed by atoms with Gasteiger partial charge in [-0.1, -0.05) is 56.5 Å². The highest BCUT2D eigenvalue weighted by Gasteiger charge is 2.48. The minimum atomic E-state index is -0.978. The Labute approximate surface area is 188 Å². The Kier molecular flexibility index (Phi) is 5.31. The summed E-state index contributed by atoms with van der Waals surface area (Å²) in [5, 5.41) is 3.29. The van der Waals surface area contributed by atoms with Crippen LogP contribution in [0, 0.1) is 0 Å². The molecule has 1 aliphatic heterocycles. The van der Waals surface area contributed by atoms with Crippen LogP contribution in [0.3, 0.4) is 0 Å². The number of fused-ring (bicyclic) bond motifs is 3. The highest BCUT2D eigenvalue weighted by atomic mass is 16.3. The molecule has 0 spiro atoms. The van der Waals surface area contributed by atoms with Crippen molar-refractivity contribution in [2.75, 3.05) is 6.54 Å². The second-order valence-corrected chi connectivity index (χ2v) is 9.60. The van der Waals surface area contributed by atoms with Crippen LogP contribution in [0.1, 0.15) is 67.9 Å². The summed E-state index contributed by atoms with van der Waals surface area (Å²) in [4.78, 5) is 29.3. The fourth-order valence-corrected chi connectivity index (χ4v) is 5.31. The Morgan fingerprint density at radius 1 is 1.19 bits per heavy atom. The largest absolute Gasteiger partial charge is 0.463 e. The minimum Gasteiger partial charge on any atom is -0.463 e. The molecule has 6 nitrogen and oxygen atoms in total. The van der Waals surface area contributed by atoms with Crippen LogP contribution in [0.4, 0.5) is 0 Å². The van der Waals surface area contributed by atoms with Crippen molar-refractivity contribution in [3.05, 3.63) is 60.0 Å². The molecule has 3 heterocycles. The summed E-state index contributed by atoms with van der Waals surface area (Å²) >= 11 is 0. The van der Waals surface area contributed by atoms with E-state index in [1.165, 1.54) is 6.42 Å². The zero-order valence-electron chi connectivity index (χ0n) is 18.8.